The predicted molar refractivity (Wildman–Crippen MR) is 213 cm³/mol. The summed E-state index contributed by atoms with van der Waals surface area (Å²) in [5.41, 5.74) is 11.0. The molecule has 4 aromatic rings. The highest BCUT2D eigenvalue weighted by Crippen LogP contribution is 2.32. The molecule has 0 aliphatic rings. The predicted octanol–water partition coefficient (Wildman–Crippen LogP) is 13.4. The molecule has 1 aromatic heterocycles. The van der Waals surface area contributed by atoms with E-state index in [0.717, 1.165) is 29.2 Å². The molecule has 3 aromatic carbocycles. The van der Waals surface area contributed by atoms with Gasteiger partial charge in [0.15, 0.2) is 0 Å². The second-order valence-corrected chi connectivity index (χ2v) is 17.3. The fourth-order valence-electron chi connectivity index (χ4n) is 6.09. The normalized spacial score (nSPS) is 11.8. The summed E-state index contributed by atoms with van der Waals surface area (Å²) in [6.45, 7) is 37.2. The molecule has 0 fully saturated rings. The second-order valence-electron chi connectivity index (χ2n) is 17.3. The Morgan fingerprint density at radius 1 is 0.551 bits per heavy atom. The Morgan fingerprint density at radius 2 is 1.02 bits per heavy atom. The quantitative estimate of drug-likeness (QED) is 0.205. The third-order valence-electron chi connectivity index (χ3n) is 8.30. The number of hydrogen-bond donors (Lipinski definition) is 0. The highest BCUT2D eigenvalue weighted by Gasteiger charge is 2.18. The van der Waals surface area contributed by atoms with Gasteiger partial charge in [0.05, 0.1) is 6.10 Å². The summed E-state index contributed by atoms with van der Waals surface area (Å²) >= 11 is 0. The lowest BCUT2D eigenvalue weighted by atomic mass is 9.84. The van der Waals surface area contributed by atoms with E-state index in [1.165, 1.54) is 39.1 Å². The van der Waals surface area contributed by atoms with Crippen molar-refractivity contribution >= 4 is 0 Å². The third kappa shape index (κ3) is 13.7. The van der Waals surface area contributed by atoms with Crippen molar-refractivity contribution < 1.29 is 9.47 Å². The van der Waals surface area contributed by atoms with Crippen molar-refractivity contribution in [3.8, 4) is 17.2 Å². The van der Waals surface area contributed by atoms with Crippen LogP contribution in [0.2, 0.25) is 0 Å². The van der Waals surface area contributed by atoms with Crippen molar-refractivity contribution in [3.05, 3.63) is 118 Å². The number of hydrogen-bond acceptors (Lipinski definition) is 3. The minimum absolute atomic E-state index is 0.172. The minimum atomic E-state index is 0.172. The van der Waals surface area contributed by atoms with Gasteiger partial charge in [-0.25, -0.2) is 0 Å². The molecule has 49 heavy (non-hydrogen) atoms. The molecule has 0 aliphatic heterocycles. The minimum Gasteiger partial charge on any atom is -0.491 e. The van der Waals surface area contributed by atoms with Crippen molar-refractivity contribution in [2.45, 2.75) is 146 Å². The van der Waals surface area contributed by atoms with Crippen LogP contribution in [0.25, 0.3) is 0 Å². The van der Waals surface area contributed by atoms with Gasteiger partial charge in [-0.3, -0.25) is 4.98 Å². The Kier molecular flexibility index (Phi) is 14.7. The monoisotopic (exact) mass is 666 g/mol. The van der Waals surface area contributed by atoms with E-state index < -0.39 is 0 Å². The van der Waals surface area contributed by atoms with Crippen LogP contribution in [0.3, 0.4) is 0 Å². The number of pyridine rings is 1. The number of aryl methyl sites for hydroxylation is 4. The molecule has 268 valence electrons. The molecule has 0 saturated heterocycles. The van der Waals surface area contributed by atoms with Gasteiger partial charge in [-0.1, -0.05) is 106 Å². The van der Waals surface area contributed by atoms with Gasteiger partial charge >= 0.3 is 0 Å². The van der Waals surface area contributed by atoms with Gasteiger partial charge < -0.3 is 9.47 Å². The summed E-state index contributed by atoms with van der Waals surface area (Å²) in [4.78, 5) is 4.55. The van der Waals surface area contributed by atoms with Crippen LogP contribution in [0, 0.1) is 33.6 Å². The van der Waals surface area contributed by atoms with E-state index in [2.05, 4.69) is 157 Å². The molecule has 0 N–H and O–H groups in total. The smallest absolute Gasteiger partial charge is 0.130 e. The topological polar surface area (TPSA) is 31.4 Å². The molecule has 0 spiro atoms. The van der Waals surface area contributed by atoms with E-state index in [0.29, 0.717) is 5.92 Å². The first kappa shape index (κ1) is 41.6. The van der Waals surface area contributed by atoms with Crippen LogP contribution in [-0.4, -0.2) is 11.1 Å². The SMILES string of the molecule is Cc1cc(CC(C)C)ncc1C(C)(C)C.Cc1cc(OC(C)C)ccc1C(C)(C)C.Cc1ccccc1Oc1ccc(C(C)(C)C)c(C)c1. The first-order chi connectivity index (χ1) is 22.5. The van der Waals surface area contributed by atoms with E-state index in [1.54, 1.807) is 0 Å². The summed E-state index contributed by atoms with van der Waals surface area (Å²) in [5, 5.41) is 0. The number of benzene rings is 3. The van der Waals surface area contributed by atoms with Gasteiger partial charge in [-0.05, 0) is 145 Å². The Balaban J connectivity index is 0.000000258. The van der Waals surface area contributed by atoms with E-state index >= 15 is 0 Å². The molecule has 1 heterocycles. The Morgan fingerprint density at radius 3 is 1.45 bits per heavy atom. The summed E-state index contributed by atoms with van der Waals surface area (Å²) in [5.74, 6) is 3.47. The molecule has 0 amide bonds. The molecule has 0 unspecified atom stereocenters. The van der Waals surface area contributed by atoms with Gasteiger partial charge in [-0.2, -0.15) is 0 Å². The maximum Gasteiger partial charge on any atom is 0.130 e. The number of aromatic nitrogens is 1. The van der Waals surface area contributed by atoms with Gasteiger partial charge in [-0.15, -0.1) is 0 Å². The molecule has 0 bridgehead atoms. The van der Waals surface area contributed by atoms with Crippen molar-refractivity contribution in [1.82, 2.24) is 4.98 Å². The van der Waals surface area contributed by atoms with Gasteiger partial charge in [0.1, 0.15) is 17.2 Å². The lowest BCUT2D eigenvalue weighted by molar-refractivity contribution is 0.242. The van der Waals surface area contributed by atoms with E-state index in [-0.39, 0.29) is 22.3 Å². The van der Waals surface area contributed by atoms with Crippen LogP contribution < -0.4 is 9.47 Å². The second kappa shape index (κ2) is 17.4. The molecule has 0 radical (unpaired) electrons. The summed E-state index contributed by atoms with van der Waals surface area (Å²) < 4.78 is 11.6. The van der Waals surface area contributed by atoms with Crippen LogP contribution in [0.4, 0.5) is 0 Å². The molecule has 0 aliphatic carbocycles. The van der Waals surface area contributed by atoms with Crippen molar-refractivity contribution in [3.63, 3.8) is 0 Å². The highest BCUT2D eigenvalue weighted by atomic mass is 16.5. The zero-order valence-corrected chi connectivity index (χ0v) is 34.1. The van der Waals surface area contributed by atoms with Crippen molar-refractivity contribution in [2.24, 2.45) is 5.92 Å². The summed E-state index contributed by atoms with van der Waals surface area (Å²) in [6, 6.07) is 23.0. The maximum absolute atomic E-state index is 5.96. The molecular weight excluding hydrogens is 599 g/mol. The zero-order valence-electron chi connectivity index (χ0n) is 34.1. The molecule has 3 nitrogen and oxygen atoms in total. The van der Waals surface area contributed by atoms with Crippen LogP contribution in [0.5, 0.6) is 17.2 Å². The van der Waals surface area contributed by atoms with Gasteiger partial charge in [0, 0.05) is 11.9 Å². The van der Waals surface area contributed by atoms with E-state index in [9.17, 15) is 0 Å². The number of nitrogens with zero attached hydrogens (tertiary/aromatic N) is 1. The van der Waals surface area contributed by atoms with Crippen LogP contribution in [-0.2, 0) is 22.7 Å². The number of ether oxygens (including phenoxy) is 2. The Bertz CT molecular complexity index is 1560. The summed E-state index contributed by atoms with van der Waals surface area (Å²) in [7, 11) is 0. The molecular formula is C46H67NO2. The van der Waals surface area contributed by atoms with Gasteiger partial charge in [0.2, 0.25) is 0 Å². The van der Waals surface area contributed by atoms with Crippen LogP contribution in [0.1, 0.15) is 135 Å². The number of para-hydroxylation sites is 1. The molecule has 3 heteroatoms. The number of rotatable bonds is 6. The van der Waals surface area contributed by atoms with Crippen LogP contribution in [0.15, 0.2) is 72.9 Å². The fraction of sp³-hybridized carbons (Fsp3) is 0.500. The van der Waals surface area contributed by atoms with E-state index in [4.69, 9.17) is 9.47 Å². The zero-order chi connectivity index (χ0) is 37.3. The average molecular weight is 666 g/mol. The fourth-order valence-corrected chi connectivity index (χ4v) is 6.09. The van der Waals surface area contributed by atoms with Gasteiger partial charge in [0.25, 0.3) is 0 Å². The molecule has 0 atom stereocenters. The van der Waals surface area contributed by atoms with E-state index in [1.807, 2.05) is 38.2 Å². The first-order valence-electron chi connectivity index (χ1n) is 18.1. The lowest BCUT2D eigenvalue weighted by Gasteiger charge is -2.22. The lowest BCUT2D eigenvalue weighted by Crippen LogP contribution is -2.14. The Labute approximate surface area is 300 Å². The Hall–Kier alpha value is -3.59. The molecule has 0 saturated carbocycles. The standard InChI is InChI=1S/C18H22O.C14H23N.C14H22O/c1-13-8-6-7-9-17(13)19-15-10-11-16(14(2)12-15)18(3,4)5;1-10(2)7-12-8-11(3)13(9-15-12)14(4,5)6;1-10(2)15-12-7-8-13(11(3)9-12)14(4,5)6/h6-12H,1-5H3;8-10H,7H2,1-6H3;7-10H,1-6H3. The summed E-state index contributed by atoms with van der Waals surface area (Å²) in [6.07, 6.45) is 3.36. The van der Waals surface area contributed by atoms with Crippen LogP contribution >= 0.6 is 0 Å². The third-order valence-corrected chi connectivity index (χ3v) is 8.30. The maximum atomic E-state index is 5.96. The van der Waals surface area contributed by atoms with Crippen molar-refractivity contribution in [2.75, 3.05) is 0 Å². The van der Waals surface area contributed by atoms with Crippen molar-refractivity contribution in [1.29, 1.82) is 0 Å². The largest absolute Gasteiger partial charge is 0.491 e. The average Bonchev–Trinajstić information content (AvgIpc) is 2.92. The first-order valence-corrected chi connectivity index (χ1v) is 18.1. The molecule has 4 rings (SSSR count). The highest BCUT2D eigenvalue weighted by molar-refractivity contribution is 5.42.